The van der Waals surface area contributed by atoms with Gasteiger partial charge in [-0.15, -0.1) is 0 Å². The fraction of sp³-hybridized carbons (Fsp3) is 0.417. The molecule has 0 rings (SSSR count). The molecule has 0 amide bonds. The zero-order chi connectivity index (χ0) is 11.1. The van der Waals surface area contributed by atoms with Crippen LogP contribution in [-0.2, 0) is 9.53 Å². The average molecular weight is 194 g/mol. The van der Waals surface area contributed by atoms with E-state index in [-0.39, 0.29) is 12.1 Å². The Morgan fingerprint density at radius 2 is 2.00 bits per heavy atom. The second-order valence-electron chi connectivity index (χ2n) is 3.46. The number of rotatable bonds is 5. The van der Waals surface area contributed by atoms with Crippen molar-refractivity contribution in [3.8, 4) is 0 Å². The lowest BCUT2D eigenvalue weighted by Crippen LogP contribution is -2.14. The van der Waals surface area contributed by atoms with Crippen molar-refractivity contribution in [2.24, 2.45) is 0 Å². The maximum Gasteiger partial charge on any atom is 0.303 e. The third-order valence-electron chi connectivity index (χ3n) is 1.59. The van der Waals surface area contributed by atoms with Gasteiger partial charge in [0.05, 0.1) is 0 Å². The lowest BCUT2D eigenvalue weighted by Gasteiger charge is -2.13. The second kappa shape index (κ2) is 6.19. The molecule has 0 radical (unpaired) electrons. The zero-order valence-electron chi connectivity index (χ0n) is 9.17. The summed E-state index contributed by atoms with van der Waals surface area (Å²) in [4.78, 5) is 10.8. The quantitative estimate of drug-likeness (QED) is 0.382. The van der Waals surface area contributed by atoms with Gasteiger partial charge in [0.1, 0.15) is 6.10 Å². The predicted molar refractivity (Wildman–Crippen MR) is 58.9 cm³/mol. The van der Waals surface area contributed by atoms with Gasteiger partial charge in [-0.25, -0.2) is 0 Å². The van der Waals surface area contributed by atoms with Crippen LogP contribution < -0.4 is 0 Å². The van der Waals surface area contributed by atoms with E-state index in [4.69, 9.17) is 4.74 Å². The van der Waals surface area contributed by atoms with Gasteiger partial charge in [-0.2, -0.15) is 0 Å². The third kappa shape index (κ3) is 6.23. The number of carbonyl (C=O) groups excluding carboxylic acids is 1. The highest BCUT2D eigenvalue weighted by molar-refractivity contribution is 5.66. The number of esters is 1. The molecule has 0 aliphatic carbocycles. The summed E-state index contributed by atoms with van der Waals surface area (Å²) in [6.45, 7) is 12.7. The number of ether oxygens (including phenoxy) is 1. The molecule has 2 nitrogen and oxygen atoms in total. The lowest BCUT2D eigenvalue weighted by molar-refractivity contribution is -0.144. The van der Waals surface area contributed by atoms with Crippen molar-refractivity contribution < 1.29 is 9.53 Å². The fourth-order valence-corrected chi connectivity index (χ4v) is 1.06. The molecule has 14 heavy (non-hydrogen) atoms. The molecular formula is C12H18O2. The van der Waals surface area contributed by atoms with E-state index in [0.717, 1.165) is 11.1 Å². The van der Waals surface area contributed by atoms with Crippen molar-refractivity contribution in [2.75, 3.05) is 0 Å². The molecule has 2 heteroatoms. The van der Waals surface area contributed by atoms with Gasteiger partial charge in [-0.05, 0) is 19.9 Å². The molecule has 0 aromatic carbocycles. The van der Waals surface area contributed by atoms with Crippen molar-refractivity contribution in [1.82, 2.24) is 0 Å². The van der Waals surface area contributed by atoms with Crippen LogP contribution in [0.5, 0.6) is 0 Å². The first-order valence-electron chi connectivity index (χ1n) is 4.58. The molecular weight excluding hydrogens is 176 g/mol. The highest BCUT2D eigenvalue weighted by Gasteiger charge is 2.09. The summed E-state index contributed by atoms with van der Waals surface area (Å²) in [6.07, 6.45) is 3.97. The van der Waals surface area contributed by atoms with Gasteiger partial charge in [-0.1, -0.05) is 30.4 Å². The van der Waals surface area contributed by atoms with Gasteiger partial charge >= 0.3 is 5.97 Å². The van der Waals surface area contributed by atoms with Gasteiger partial charge < -0.3 is 4.74 Å². The van der Waals surface area contributed by atoms with Crippen LogP contribution in [0.25, 0.3) is 0 Å². The molecule has 0 heterocycles. The van der Waals surface area contributed by atoms with Crippen molar-refractivity contribution in [3.63, 3.8) is 0 Å². The molecule has 0 N–H and O–H groups in total. The summed E-state index contributed by atoms with van der Waals surface area (Å²) in [5.74, 6) is -0.274. The maximum atomic E-state index is 10.8. The van der Waals surface area contributed by atoms with Crippen LogP contribution in [0.3, 0.4) is 0 Å². The van der Waals surface area contributed by atoms with Crippen LogP contribution in [0, 0.1) is 0 Å². The molecule has 0 saturated carbocycles. The Morgan fingerprint density at radius 1 is 1.43 bits per heavy atom. The Kier molecular flexibility index (Phi) is 5.61. The number of carbonyl (C=O) groups is 1. The third-order valence-corrected chi connectivity index (χ3v) is 1.59. The van der Waals surface area contributed by atoms with Gasteiger partial charge in [-0.3, -0.25) is 4.79 Å². The number of hydrogen-bond acceptors (Lipinski definition) is 2. The van der Waals surface area contributed by atoms with Crippen molar-refractivity contribution in [2.45, 2.75) is 33.3 Å². The lowest BCUT2D eigenvalue weighted by atomic mass is 10.1. The topological polar surface area (TPSA) is 26.3 Å². The Hall–Kier alpha value is -1.31. The largest absolute Gasteiger partial charge is 0.458 e. The molecule has 0 spiro atoms. The van der Waals surface area contributed by atoms with E-state index < -0.39 is 0 Å². The first kappa shape index (κ1) is 12.7. The first-order valence-corrected chi connectivity index (χ1v) is 4.58. The maximum absolute atomic E-state index is 10.8. The van der Waals surface area contributed by atoms with Gasteiger partial charge in [0.2, 0.25) is 0 Å². The molecule has 0 fully saturated rings. The summed E-state index contributed by atoms with van der Waals surface area (Å²) < 4.78 is 5.11. The van der Waals surface area contributed by atoms with Crippen LogP contribution in [0.2, 0.25) is 0 Å². The van der Waals surface area contributed by atoms with Crippen LogP contribution >= 0.6 is 0 Å². The number of allylic oxidation sites excluding steroid dienone is 2. The molecule has 0 saturated heterocycles. The van der Waals surface area contributed by atoms with Crippen LogP contribution in [-0.4, -0.2) is 12.1 Å². The van der Waals surface area contributed by atoms with Crippen LogP contribution in [0.1, 0.15) is 27.2 Å². The van der Waals surface area contributed by atoms with E-state index in [2.05, 4.69) is 13.2 Å². The summed E-state index contributed by atoms with van der Waals surface area (Å²) in [6, 6.07) is 0. The smallest absolute Gasteiger partial charge is 0.303 e. The monoisotopic (exact) mass is 194 g/mol. The molecule has 0 aliphatic heterocycles. The predicted octanol–water partition coefficient (Wildman–Crippen LogP) is 3.02. The normalized spacial score (nSPS) is 11.4. The average Bonchev–Trinajstić information content (AvgIpc) is 2.01. The second-order valence-corrected chi connectivity index (χ2v) is 3.46. The van der Waals surface area contributed by atoms with Crippen LogP contribution in [0.15, 0.2) is 36.5 Å². The van der Waals surface area contributed by atoms with E-state index in [0.29, 0.717) is 6.42 Å². The van der Waals surface area contributed by atoms with E-state index in [9.17, 15) is 4.79 Å². The van der Waals surface area contributed by atoms with E-state index in [1.54, 1.807) is 6.08 Å². The molecule has 0 aliphatic rings. The summed E-state index contributed by atoms with van der Waals surface area (Å²) in [5.41, 5.74) is 1.99. The Balaban J connectivity index is 4.39. The van der Waals surface area contributed by atoms with Crippen molar-refractivity contribution in [1.29, 1.82) is 0 Å². The van der Waals surface area contributed by atoms with Gasteiger partial charge in [0.15, 0.2) is 0 Å². The van der Waals surface area contributed by atoms with Crippen molar-refractivity contribution >= 4 is 5.97 Å². The van der Waals surface area contributed by atoms with Crippen molar-refractivity contribution in [3.05, 3.63) is 36.5 Å². The van der Waals surface area contributed by atoms with E-state index >= 15 is 0 Å². The minimum atomic E-state index is -0.274. The van der Waals surface area contributed by atoms with Gasteiger partial charge in [0.25, 0.3) is 0 Å². The molecule has 0 bridgehead atoms. The van der Waals surface area contributed by atoms with E-state index in [1.807, 2.05) is 19.9 Å². The standard InChI is InChI=1S/C12H18O2/c1-6-10(4)8-12(7-9(2)3)14-11(5)13/h6-7,12H,1,4,8H2,2-3,5H3/t12-/m1/s1. The summed E-state index contributed by atoms with van der Waals surface area (Å²) in [5, 5.41) is 0. The molecule has 0 unspecified atom stereocenters. The van der Waals surface area contributed by atoms with E-state index in [1.165, 1.54) is 6.92 Å². The van der Waals surface area contributed by atoms with Gasteiger partial charge in [0, 0.05) is 13.3 Å². The minimum Gasteiger partial charge on any atom is -0.458 e. The molecule has 0 aromatic heterocycles. The zero-order valence-corrected chi connectivity index (χ0v) is 9.17. The number of hydrogen-bond donors (Lipinski definition) is 0. The highest BCUT2D eigenvalue weighted by Crippen LogP contribution is 2.11. The first-order chi connectivity index (χ1) is 6.45. The Bertz CT molecular complexity index is 257. The minimum absolute atomic E-state index is 0.219. The summed E-state index contributed by atoms with van der Waals surface area (Å²) >= 11 is 0. The Morgan fingerprint density at radius 3 is 2.36 bits per heavy atom. The fourth-order valence-electron chi connectivity index (χ4n) is 1.06. The van der Waals surface area contributed by atoms with Crippen LogP contribution in [0.4, 0.5) is 0 Å². The molecule has 1 atom stereocenters. The SMILES string of the molecule is C=CC(=C)C[C@@H](C=C(C)C)OC(C)=O. The Labute approximate surface area is 86.0 Å². The summed E-state index contributed by atoms with van der Waals surface area (Å²) in [7, 11) is 0. The highest BCUT2D eigenvalue weighted by atomic mass is 16.5. The molecule has 0 aromatic rings. The molecule has 78 valence electrons.